The van der Waals surface area contributed by atoms with Gasteiger partial charge in [0.25, 0.3) is 0 Å². The molecule has 2 aliphatic heterocycles. The van der Waals surface area contributed by atoms with Crippen molar-refractivity contribution in [2.75, 3.05) is 19.6 Å². The summed E-state index contributed by atoms with van der Waals surface area (Å²) in [5.41, 5.74) is -0.415. The highest BCUT2D eigenvalue weighted by Crippen LogP contribution is 2.41. The molecule has 2 amide bonds. The van der Waals surface area contributed by atoms with Crippen LogP contribution in [0.25, 0.3) is 0 Å². The highest BCUT2D eigenvalue weighted by Gasteiger charge is 2.65. The van der Waals surface area contributed by atoms with Gasteiger partial charge in [-0.25, -0.2) is 0 Å². The van der Waals surface area contributed by atoms with Crippen LogP contribution in [-0.4, -0.2) is 48.4 Å². The van der Waals surface area contributed by atoms with Gasteiger partial charge in [0.2, 0.25) is 5.91 Å². The van der Waals surface area contributed by atoms with Crippen LogP contribution >= 0.6 is 0 Å². The molecular weight excluding hydrogens is 287 g/mol. The molecule has 1 N–H and O–H groups in total. The minimum Gasteiger partial charge on any atom is -0.356 e. The number of likely N-dealkylation sites (tertiary alicyclic amines) is 1. The summed E-state index contributed by atoms with van der Waals surface area (Å²) in [7, 11) is 0. The van der Waals surface area contributed by atoms with Crippen molar-refractivity contribution in [2.45, 2.75) is 31.4 Å². The zero-order chi connectivity index (χ0) is 15.2. The summed E-state index contributed by atoms with van der Waals surface area (Å²) in [5.74, 6) is -7.73. The maximum absolute atomic E-state index is 13.0. The molecule has 0 saturated carbocycles. The first kappa shape index (κ1) is 15.0. The minimum atomic E-state index is -5.88. The van der Waals surface area contributed by atoms with Crippen molar-refractivity contribution in [3.8, 4) is 0 Å². The number of alkyl halides is 5. The average Bonchev–Trinajstić information content (AvgIpc) is 2.69. The lowest BCUT2D eigenvalue weighted by Crippen LogP contribution is -2.55. The molecule has 0 aromatic carbocycles. The fourth-order valence-corrected chi connectivity index (χ4v) is 2.61. The molecule has 1 spiro atoms. The van der Waals surface area contributed by atoms with Gasteiger partial charge in [-0.2, -0.15) is 22.0 Å². The number of carbonyl (C=O) groups excluding carboxylic acids is 2. The van der Waals surface area contributed by atoms with Gasteiger partial charge >= 0.3 is 18.0 Å². The Kier molecular flexibility index (Phi) is 3.42. The van der Waals surface area contributed by atoms with Crippen molar-refractivity contribution in [1.82, 2.24) is 10.2 Å². The number of piperidine rings is 1. The third kappa shape index (κ3) is 2.45. The molecule has 2 aliphatic rings. The normalized spacial score (nSPS) is 23.1. The van der Waals surface area contributed by atoms with E-state index in [4.69, 9.17) is 0 Å². The number of carbonyl (C=O) groups is 2. The Balaban J connectivity index is 2.01. The van der Waals surface area contributed by atoms with Crippen molar-refractivity contribution >= 4 is 11.8 Å². The first-order chi connectivity index (χ1) is 9.07. The summed E-state index contributed by atoms with van der Waals surface area (Å²) >= 11 is 0. The lowest BCUT2D eigenvalue weighted by molar-refractivity contribution is -0.275. The summed E-state index contributed by atoms with van der Waals surface area (Å²) in [4.78, 5) is 23.0. The largest absolute Gasteiger partial charge is 0.463 e. The minimum absolute atomic E-state index is 0.162. The third-order valence-electron chi connectivity index (χ3n) is 3.93. The predicted molar refractivity (Wildman–Crippen MR) is 56.9 cm³/mol. The molecule has 0 atom stereocenters. The van der Waals surface area contributed by atoms with Crippen molar-refractivity contribution in [3.63, 3.8) is 0 Å². The van der Waals surface area contributed by atoms with E-state index in [1.165, 1.54) is 0 Å². The van der Waals surface area contributed by atoms with Gasteiger partial charge in [0.1, 0.15) is 0 Å². The van der Waals surface area contributed by atoms with E-state index in [0.717, 1.165) is 0 Å². The predicted octanol–water partition coefficient (Wildman–Crippen LogP) is 1.31. The monoisotopic (exact) mass is 300 g/mol. The van der Waals surface area contributed by atoms with E-state index >= 15 is 0 Å². The summed E-state index contributed by atoms with van der Waals surface area (Å²) in [6.07, 6.45) is -5.17. The number of amides is 2. The Labute approximate surface area is 111 Å². The Morgan fingerprint density at radius 2 is 1.70 bits per heavy atom. The first-order valence-corrected chi connectivity index (χ1v) is 6.08. The van der Waals surface area contributed by atoms with E-state index in [9.17, 15) is 31.5 Å². The summed E-state index contributed by atoms with van der Waals surface area (Å²) in [6.45, 7) is -0.0115. The highest BCUT2D eigenvalue weighted by molar-refractivity contribution is 5.84. The van der Waals surface area contributed by atoms with Crippen LogP contribution in [0.15, 0.2) is 0 Å². The number of hydrogen-bond donors (Lipinski definition) is 1. The molecule has 2 saturated heterocycles. The molecule has 0 unspecified atom stereocenters. The van der Waals surface area contributed by atoms with Crippen LogP contribution in [0.5, 0.6) is 0 Å². The van der Waals surface area contributed by atoms with Crippen molar-refractivity contribution in [2.24, 2.45) is 5.41 Å². The van der Waals surface area contributed by atoms with Gasteiger partial charge in [-0.1, -0.05) is 0 Å². The molecule has 0 bridgehead atoms. The van der Waals surface area contributed by atoms with Crippen molar-refractivity contribution in [3.05, 3.63) is 0 Å². The number of halogens is 5. The Hall–Kier alpha value is -1.41. The second kappa shape index (κ2) is 4.56. The molecule has 0 aromatic heterocycles. The molecular formula is C11H13F5N2O2. The molecule has 0 radical (unpaired) electrons. The van der Waals surface area contributed by atoms with Crippen LogP contribution < -0.4 is 5.32 Å². The van der Waals surface area contributed by atoms with Crippen LogP contribution in [0.3, 0.4) is 0 Å². The number of rotatable bonds is 1. The summed E-state index contributed by atoms with van der Waals surface area (Å²) in [6, 6.07) is 0. The van der Waals surface area contributed by atoms with E-state index in [1.807, 2.05) is 0 Å². The van der Waals surface area contributed by atoms with Crippen LogP contribution in [0.1, 0.15) is 19.3 Å². The third-order valence-corrected chi connectivity index (χ3v) is 3.93. The molecule has 20 heavy (non-hydrogen) atoms. The number of hydrogen-bond acceptors (Lipinski definition) is 2. The number of nitrogens with one attached hydrogen (secondary N) is 1. The lowest BCUT2D eigenvalue weighted by atomic mass is 9.77. The summed E-state index contributed by atoms with van der Waals surface area (Å²) in [5, 5.41) is 2.61. The molecule has 2 heterocycles. The van der Waals surface area contributed by atoms with Gasteiger partial charge in [-0.3, -0.25) is 9.59 Å². The topological polar surface area (TPSA) is 49.4 Å². The van der Waals surface area contributed by atoms with E-state index in [1.54, 1.807) is 0 Å². The molecule has 0 aromatic rings. The second-order valence-electron chi connectivity index (χ2n) is 5.32. The van der Waals surface area contributed by atoms with Gasteiger partial charge < -0.3 is 10.2 Å². The van der Waals surface area contributed by atoms with Crippen LogP contribution in [-0.2, 0) is 9.59 Å². The van der Waals surface area contributed by atoms with E-state index in [2.05, 4.69) is 5.32 Å². The second-order valence-corrected chi connectivity index (χ2v) is 5.32. The average molecular weight is 300 g/mol. The van der Waals surface area contributed by atoms with Crippen LogP contribution in [0.2, 0.25) is 0 Å². The Bertz CT molecular complexity index is 427. The Morgan fingerprint density at radius 3 is 2.10 bits per heavy atom. The van der Waals surface area contributed by atoms with Gasteiger partial charge in [0.05, 0.1) is 0 Å². The Morgan fingerprint density at radius 1 is 1.15 bits per heavy atom. The molecule has 2 rings (SSSR count). The van der Waals surface area contributed by atoms with Crippen LogP contribution in [0, 0.1) is 5.41 Å². The van der Waals surface area contributed by atoms with E-state index < -0.39 is 23.4 Å². The smallest absolute Gasteiger partial charge is 0.356 e. The first-order valence-electron chi connectivity index (χ1n) is 6.08. The molecule has 9 heteroatoms. The van der Waals surface area contributed by atoms with Crippen molar-refractivity contribution < 1.29 is 31.5 Å². The van der Waals surface area contributed by atoms with Gasteiger partial charge in [0, 0.05) is 26.1 Å². The highest BCUT2D eigenvalue weighted by atomic mass is 19.4. The fourth-order valence-electron chi connectivity index (χ4n) is 2.61. The van der Waals surface area contributed by atoms with E-state index in [0.29, 0.717) is 11.4 Å². The van der Waals surface area contributed by atoms with E-state index in [-0.39, 0.29) is 38.3 Å². The maximum Gasteiger partial charge on any atom is 0.463 e. The molecule has 2 fully saturated rings. The molecule has 0 aliphatic carbocycles. The zero-order valence-corrected chi connectivity index (χ0v) is 10.4. The number of nitrogens with zero attached hydrogens (tertiary/aromatic N) is 1. The zero-order valence-electron chi connectivity index (χ0n) is 10.4. The standard InChI is InChI=1S/C11H13F5N2O2/c12-10(13,11(14,15)16)8(20)18-3-1-9(2-4-18)5-7(19)17-6-9/h1-6H2,(H,17,19). The molecule has 4 nitrogen and oxygen atoms in total. The maximum atomic E-state index is 13.0. The fraction of sp³-hybridized carbons (Fsp3) is 0.818. The van der Waals surface area contributed by atoms with Crippen LogP contribution in [0.4, 0.5) is 22.0 Å². The van der Waals surface area contributed by atoms with Gasteiger partial charge in [0.15, 0.2) is 0 Å². The van der Waals surface area contributed by atoms with Gasteiger partial charge in [-0.05, 0) is 18.3 Å². The molecule has 114 valence electrons. The lowest BCUT2D eigenvalue weighted by Gasteiger charge is -2.39. The summed E-state index contributed by atoms with van der Waals surface area (Å²) < 4.78 is 62.3. The van der Waals surface area contributed by atoms with Gasteiger partial charge in [-0.15, -0.1) is 0 Å². The quantitative estimate of drug-likeness (QED) is 0.742. The van der Waals surface area contributed by atoms with Crippen molar-refractivity contribution in [1.29, 1.82) is 0 Å². The SMILES string of the molecule is O=C1CC2(CCN(C(=O)C(F)(F)C(F)(F)F)CC2)CN1.